The summed E-state index contributed by atoms with van der Waals surface area (Å²) in [4.78, 5) is 31.2. The zero-order chi connectivity index (χ0) is 23.2. The third-order valence-electron chi connectivity index (χ3n) is 5.74. The largest absolute Gasteiger partial charge is 0.370 e. The Hall–Kier alpha value is -3.39. The number of carbonyl (C=O) groups is 2. The molecule has 3 aromatic rings. The molecular weight excluding hydrogens is 434 g/mol. The first-order valence-electron chi connectivity index (χ1n) is 11.2. The predicted octanol–water partition coefficient (Wildman–Crippen LogP) is 4.57. The van der Waals surface area contributed by atoms with Crippen molar-refractivity contribution >= 4 is 34.6 Å². The van der Waals surface area contributed by atoms with Crippen molar-refractivity contribution in [2.24, 2.45) is 5.73 Å². The summed E-state index contributed by atoms with van der Waals surface area (Å²) in [6, 6.07) is 13.2. The van der Waals surface area contributed by atoms with Crippen LogP contribution >= 0.6 is 11.3 Å². The van der Waals surface area contributed by atoms with Gasteiger partial charge in [-0.25, -0.2) is 9.78 Å². The van der Waals surface area contributed by atoms with Crippen molar-refractivity contribution in [1.82, 2.24) is 10.3 Å². The molecule has 1 fully saturated rings. The van der Waals surface area contributed by atoms with Gasteiger partial charge in [0.2, 0.25) is 5.91 Å². The highest BCUT2D eigenvalue weighted by atomic mass is 32.1. The number of hydrogen-bond acceptors (Lipinski definition) is 5. The summed E-state index contributed by atoms with van der Waals surface area (Å²) in [6.45, 7) is 4.38. The van der Waals surface area contributed by atoms with E-state index in [1.165, 1.54) is 12.0 Å². The minimum absolute atomic E-state index is 0.316. The molecule has 8 heteroatoms. The minimum atomic E-state index is -0.517. The lowest BCUT2D eigenvalue weighted by Gasteiger charge is -2.30. The van der Waals surface area contributed by atoms with E-state index in [0.29, 0.717) is 24.2 Å². The summed E-state index contributed by atoms with van der Waals surface area (Å²) in [5.74, 6) is -0.517. The molecule has 4 N–H and O–H groups in total. The van der Waals surface area contributed by atoms with Crippen LogP contribution in [0.1, 0.15) is 40.9 Å². The number of nitrogens with one attached hydrogen (secondary N) is 2. The Morgan fingerprint density at radius 3 is 2.58 bits per heavy atom. The van der Waals surface area contributed by atoms with Gasteiger partial charge in [0.1, 0.15) is 5.01 Å². The second-order valence-corrected chi connectivity index (χ2v) is 9.14. The van der Waals surface area contributed by atoms with E-state index in [1.54, 1.807) is 23.5 Å². The first-order chi connectivity index (χ1) is 16.0. The van der Waals surface area contributed by atoms with Crippen LogP contribution in [0.2, 0.25) is 0 Å². The van der Waals surface area contributed by atoms with E-state index < -0.39 is 5.91 Å². The van der Waals surface area contributed by atoms with Gasteiger partial charge in [-0.15, -0.1) is 11.3 Å². The SMILES string of the molecule is Cc1ccc(-c2nc(CCNC(=O)Nc3cc(C(N)=O)ccc3N3CCCCC3)cs2)cc1. The number of rotatable bonds is 7. The molecule has 0 saturated carbocycles. The summed E-state index contributed by atoms with van der Waals surface area (Å²) >= 11 is 1.60. The molecule has 1 aliphatic rings. The van der Waals surface area contributed by atoms with E-state index in [-0.39, 0.29) is 6.03 Å². The number of nitrogens with zero attached hydrogens (tertiary/aromatic N) is 2. The van der Waals surface area contributed by atoms with Crippen LogP contribution < -0.4 is 21.3 Å². The molecule has 0 aliphatic carbocycles. The molecule has 0 bridgehead atoms. The smallest absolute Gasteiger partial charge is 0.319 e. The van der Waals surface area contributed by atoms with Crippen LogP contribution in [0.5, 0.6) is 0 Å². The van der Waals surface area contributed by atoms with Gasteiger partial charge in [-0.3, -0.25) is 4.79 Å². The van der Waals surface area contributed by atoms with E-state index in [4.69, 9.17) is 5.73 Å². The summed E-state index contributed by atoms with van der Waals surface area (Å²) in [6.07, 6.45) is 4.07. The maximum absolute atomic E-state index is 12.6. The van der Waals surface area contributed by atoms with Gasteiger partial charge in [0.15, 0.2) is 0 Å². The van der Waals surface area contributed by atoms with Crippen molar-refractivity contribution in [1.29, 1.82) is 0 Å². The molecule has 1 saturated heterocycles. The van der Waals surface area contributed by atoms with E-state index >= 15 is 0 Å². The third-order valence-corrected chi connectivity index (χ3v) is 6.68. The van der Waals surface area contributed by atoms with Gasteiger partial charge in [-0.2, -0.15) is 0 Å². The van der Waals surface area contributed by atoms with Crippen LogP contribution in [0, 0.1) is 6.92 Å². The quantitative estimate of drug-likeness (QED) is 0.478. The number of anilines is 2. The second kappa shape index (κ2) is 10.5. The van der Waals surface area contributed by atoms with Crippen molar-refractivity contribution in [3.63, 3.8) is 0 Å². The summed E-state index contributed by atoms with van der Waals surface area (Å²) in [7, 11) is 0. The lowest BCUT2D eigenvalue weighted by Crippen LogP contribution is -2.33. The number of carbonyl (C=O) groups excluding carboxylic acids is 2. The van der Waals surface area contributed by atoms with E-state index in [0.717, 1.165) is 47.9 Å². The number of benzene rings is 2. The summed E-state index contributed by atoms with van der Waals surface area (Å²) < 4.78 is 0. The van der Waals surface area contributed by atoms with Gasteiger partial charge in [0.05, 0.1) is 17.1 Å². The fourth-order valence-electron chi connectivity index (χ4n) is 3.92. The van der Waals surface area contributed by atoms with Crippen LogP contribution in [0.4, 0.5) is 16.2 Å². The van der Waals surface area contributed by atoms with E-state index in [2.05, 4.69) is 51.7 Å². The van der Waals surface area contributed by atoms with Crippen LogP contribution in [0.25, 0.3) is 10.6 Å². The van der Waals surface area contributed by atoms with Crippen molar-refractivity contribution in [2.45, 2.75) is 32.6 Å². The fourth-order valence-corrected chi connectivity index (χ4v) is 4.78. The molecule has 33 heavy (non-hydrogen) atoms. The molecule has 2 aromatic carbocycles. The first kappa shape index (κ1) is 22.8. The minimum Gasteiger partial charge on any atom is -0.370 e. The lowest BCUT2D eigenvalue weighted by molar-refractivity contribution is 0.100. The topological polar surface area (TPSA) is 100 Å². The molecule has 172 valence electrons. The normalized spacial score (nSPS) is 13.5. The van der Waals surface area contributed by atoms with Crippen LogP contribution in [-0.2, 0) is 6.42 Å². The van der Waals surface area contributed by atoms with Gasteiger partial charge in [-0.05, 0) is 44.4 Å². The van der Waals surface area contributed by atoms with Gasteiger partial charge in [0.25, 0.3) is 0 Å². The number of amides is 3. The van der Waals surface area contributed by atoms with Crippen LogP contribution in [0.15, 0.2) is 47.8 Å². The van der Waals surface area contributed by atoms with Crippen molar-refractivity contribution in [3.8, 4) is 10.6 Å². The van der Waals surface area contributed by atoms with Crippen molar-refractivity contribution in [2.75, 3.05) is 29.9 Å². The Balaban J connectivity index is 1.36. The van der Waals surface area contributed by atoms with Gasteiger partial charge in [-0.1, -0.05) is 29.8 Å². The number of thiazole rings is 1. The van der Waals surface area contributed by atoms with Gasteiger partial charge in [0, 0.05) is 42.6 Å². The Morgan fingerprint density at radius 1 is 1.09 bits per heavy atom. The zero-order valence-corrected chi connectivity index (χ0v) is 19.6. The molecule has 0 spiro atoms. The Morgan fingerprint density at radius 2 is 1.85 bits per heavy atom. The number of aromatic nitrogens is 1. The monoisotopic (exact) mass is 463 g/mol. The standard InChI is InChI=1S/C25H29N5O2S/c1-17-5-7-18(8-6-17)24-28-20(16-33-24)11-12-27-25(32)29-21-15-19(23(26)31)9-10-22(21)30-13-3-2-4-14-30/h5-10,15-16H,2-4,11-14H2,1H3,(H2,26,31)(H2,27,29,32). The Labute approximate surface area is 198 Å². The Kier molecular flexibility index (Phi) is 7.24. The van der Waals surface area contributed by atoms with E-state index in [1.807, 2.05) is 11.4 Å². The maximum atomic E-state index is 12.6. The molecule has 0 radical (unpaired) electrons. The van der Waals surface area contributed by atoms with Crippen molar-refractivity contribution < 1.29 is 9.59 Å². The number of piperidine rings is 1. The third kappa shape index (κ3) is 5.90. The molecule has 2 heterocycles. The molecule has 1 aromatic heterocycles. The highest BCUT2D eigenvalue weighted by Crippen LogP contribution is 2.30. The molecule has 0 unspecified atom stereocenters. The molecule has 0 atom stereocenters. The average Bonchev–Trinajstić information content (AvgIpc) is 3.29. The van der Waals surface area contributed by atoms with Crippen LogP contribution in [-0.4, -0.2) is 36.6 Å². The highest BCUT2D eigenvalue weighted by molar-refractivity contribution is 7.13. The van der Waals surface area contributed by atoms with Gasteiger partial charge >= 0.3 is 6.03 Å². The second-order valence-electron chi connectivity index (χ2n) is 8.28. The average molecular weight is 464 g/mol. The zero-order valence-electron chi connectivity index (χ0n) is 18.8. The number of hydrogen-bond donors (Lipinski definition) is 3. The number of aryl methyl sites for hydroxylation is 1. The fraction of sp³-hybridized carbons (Fsp3) is 0.320. The molecular formula is C25H29N5O2S. The molecule has 7 nitrogen and oxygen atoms in total. The van der Waals surface area contributed by atoms with Gasteiger partial charge < -0.3 is 21.3 Å². The maximum Gasteiger partial charge on any atom is 0.319 e. The summed E-state index contributed by atoms with van der Waals surface area (Å²) in [5.41, 5.74) is 10.6. The summed E-state index contributed by atoms with van der Waals surface area (Å²) in [5, 5.41) is 8.81. The highest BCUT2D eigenvalue weighted by Gasteiger charge is 2.17. The lowest BCUT2D eigenvalue weighted by atomic mass is 10.1. The molecule has 3 amide bonds. The molecule has 1 aliphatic heterocycles. The van der Waals surface area contributed by atoms with Crippen molar-refractivity contribution in [3.05, 3.63) is 64.7 Å². The number of nitrogens with two attached hydrogens (primary N) is 1. The van der Waals surface area contributed by atoms with E-state index in [9.17, 15) is 9.59 Å². The first-order valence-corrected chi connectivity index (χ1v) is 12.1. The van der Waals surface area contributed by atoms with Crippen LogP contribution in [0.3, 0.4) is 0 Å². The predicted molar refractivity (Wildman–Crippen MR) is 134 cm³/mol. The number of primary amides is 1. The molecule has 4 rings (SSSR count). The Bertz CT molecular complexity index is 1120. The number of urea groups is 1.